The summed E-state index contributed by atoms with van der Waals surface area (Å²) in [6, 6.07) is 12.4. The molecule has 0 saturated carbocycles. The topological polar surface area (TPSA) is 41.6 Å². The minimum atomic E-state index is -0.415. The predicted octanol–water partition coefficient (Wildman–Crippen LogP) is 3.42. The quantitative estimate of drug-likeness (QED) is 0.764. The molecule has 19 heavy (non-hydrogen) atoms. The second kappa shape index (κ2) is 4.61. The van der Waals surface area contributed by atoms with Crippen LogP contribution in [0, 0.1) is 11.6 Å². The van der Waals surface area contributed by atoms with Crippen LogP contribution in [0.15, 0.2) is 48.5 Å². The predicted molar refractivity (Wildman–Crippen MR) is 67.2 cm³/mol. The first-order valence-electron chi connectivity index (χ1n) is 5.68. The molecule has 3 rings (SSSR count). The molecule has 0 saturated heterocycles. The molecule has 94 valence electrons. The van der Waals surface area contributed by atoms with Gasteiger partial charge in [-0.15, -0.1) is 0 Å². The lowest BCUT2D eigenvalue weighted by molar-refractivity contribution is 0.630. The van der Waals surface area contributed by atoms with Gasteiger partial charge in [0.2, 0.25) is 0 Å². The number of nitrogens with zero attached hydrogens (tertiary/aromatic N) is 2. The number of aromatic amines is 1. The average Bonchev–Trinajstić information content (AvgIpc) is 2.89. The van der Waals surface area contributed by atoms with Gasteiger partial charge in [0.25, 0.3) is 0 Å². The molecule has 3 aromatic rings. The highest BCUT2D eigenvalue weighted by Gasteiger charge is 2.13. The number of hydrogen-bond donors (Lipinski definition) is 1. The molecular weight excluding hydrogens is 248 g/mol. The molecular formula is C14H9F2N3. The fourth-order valence-electron chi connectivity index (χ4n) is 1.80. The Morgan fingerprint density at radius 1 is 0.789 bits per heavy atom. The lowest BCUT2D eigenvalue weighted by atomic mass is 10.2. The molecule has 3 nitrogen and oxygen atoms in total. The lowest BCUT2D eigenvalue weighted by Crippen LogP contribution is -1.87. The molecule has 1 aromatic heterocycles. The van der Waals surface area contributed by atoms with Crippen molar-refractivity contribution in [2.24, 2.45) is 0 Å². The number of aromatic nitrogens is 3. The highest BCUT2D eigenvalue weighted by Crippen LogP contribution is 2.23. The summed E-state index contributed by atoms with van der Waals surface area (Å²) in [5, 5.41) is 6.54. The van der Waals surface area contributed by atoms with Gasteiger partial charge in [0.05, 0.1) is 11.1 Å². The van der Waals surface area contributed by atoms with Gasteiger partial charge in [0, 0.05) is 0 Å². The summed E-state index contributed by atoms with van der Waals surface area (Å²) < 4.78 is 27.2. The highest BCUT2D eigenvalue weighted by molar-refractivity contribution is 5.61. The molecule has 0 aliphatic rings. The largest absolute Gasteiger partial charge is 0.259 e. The molecule has 2 aromatic carbocycles. The fraction of sp³-hybridized carbons (Fsp3) is 0. The fourth-order valence-corrected chi connectivity index (χ4v) is 1.80. The van der Waals surface area contributed by atoms with E-state index >= 15 is 0 Å². The third kappa shape index (κ3) is 2.10. The van der Waals surface area contributed by atoms with Gasteiger partial charge in [-0.3, -0.25) is 5.10 Å². The van der Waals surface area contributed by atoms with E-state index in [4.69, 9.17) is 0 Å². The van der Waals surface area contributed by atoms with Gasteiger partial charge in [0.15, 0.2) is 11.6 Å². The van der Waals surface area contributed by atoms with E-state index in [-0.39, 0.29) is 17.2 Å². The van der Waals surface area contributed by atoms with Gasteiger partial charge < -0.3 is 0 Å². The van der Waals surface area contributed by atoms with Crippen molar-refractivity contribution in [1.29, 1.82) is 0 Å². The Morgan fingerprint density at radius 3 is 2.00 bits per heavy atom. The van der Waals surface area contributed by atoms with Crippen LogP contribution in [0.2, 0.25) is 0 Å². The molecule has 1 N–H and O–H groups in total. The Bertz CT molecular complexity index is 662. The van der Waals surface area contributed by atoms with E-state index in [1.54, 1.807) is 36.4 Å². The second-order valence-corrected chi connectivity index (χ2v) is 3.97. The monoisotopic (exact) mass is 257 g/mol. The van der Waals surface area contributed by atoms with Crippen LogP contribution in [0.5, 0.6) is 0 Å². The van der Waals surface area contributed by atoms with Crippen LogP contribution >= 0.6 is 0 Å². The Balaban J connectivity index is 2.06. The summed E-state index contributed by atoms with van der Waals surface area (Å²) >= 11 is 0. The van der Waals surface area contributed by atoms with Gasteiger partial charge in [-0.2, -0.15) is 5.10 Å². The molecule has 0 unspecified atom stereocenters. The number of rotatable bonds is 2. The molecule has 0 spiro atoms. The zero-order chi connectivity index (χ0) is 13.2. The Kier molecular flexibility index (Phi) is 2.79. The van der Waals surface area contributed by atoms with Crippen LogP contribution in [0.1, 0.15) is 0 Å². The van der Waals surface area contributed by atoms with Crippen molar-refractivity contribution in [1.82, 2.24) is 15.2 Å². The van der Waals surface area contributed by atoms with Crippen LogP contribution in [-0.4, -0.2) is 15.2 Å². The first-order chi connectivity index (χ1) is 9.25. The Labute approximate surface area is 107 Å². The first-order valence-corrected chi connectivity index (χ1v) is 5.68. The minimum Gasteiger partial charge on any atom is -0.259 e. The minimum absolute atomic E-state index is 0.205. The van der Waals surface area contributed by atoms with Crippen LogP contribution in [0.25, 0.3) is 22.8 Å². The Hall–Kier alpha value is -2.56. The number of H-pyrrole nitrogens is 1. The van der Waals surface area contributed by atoms with E-state index in [1.165, 1.54) is 12.1 Å². The normalized spacial score (nSPS) is 10.6. The lowest BCUT2D eigenvalue weighted by Gasteiger charge is -1.97. The van der Waals surface area contributed by atoms with Gasteiger partial charge in [-0.1, -0.05) is 24.3 Å². The van der Waals surface area contributed by atoms with Crippen molar-refractivity contribution in [3.63, 3.8) is 0 Å². The van der Waals surface area contributed by atoms with Crippen LogP contribution in [0.4, 0.5) is 8.78 Å². The van der Waals surface area contributed by atoms with Crippen molar-refractivity contribution >= 4 is 0 Å². The van der Waals surface area contributed by atoms with Crippen molar-refractivity contribution in [3.05, 3.63) is 60.2 Å². The standard InChI is InChI=1S/C14H9F2N3/c15-11-7-3-1-5-9(11)13-17-14(19-18-13)10-6-2-4-8-12(10)16/h1-8H,(H,17,18,19). The van der Waals surface area contributed by atoms with E-state index < -0.39 is 11.6 Å². The third-order valence-electron chi connectivity index (χ3n) is 2.73. The van der Waals surface area contributed by atoms with Gasteiger partial charge in [-0.05, 0) is 24.3 Å². The summed E-state index contributed by atoms with van der Waals surface area (Å²) in [6.07, 6.45) is 0. The van der Waals surface area contributed by atoms with E-state index in [0.717, 1.165) is 0 Å². The molecule has 1 heterocycles. The van der Waals surface area contributed by atoms with Crippen molar-refractivity contribution in [2.45, 2.75) is 0 Å². The van der Waals surface area contributed by atoms with E-state index in [2.05, 4.69) is 15.2 Å². The van der Waals surface area contributed by atoms with Crippen LogP contribution in [-0.2, 0) is 0 Å². The maximum absolute atomic E-state index is 13.6. The molecule has 0 fully saturated rings. The third-order valence-corrected chi connectivity index (χ3v) is 2.73. The maximum Gasteiger partial charge on any atom is 0.184 e. The molecule has 5 heteroatoms. The van der Waals surface area contributed by atoms with E-state index in [0.29, 0.717) is 5.56 Å². The average molecular weight is 257 g/mol. The summed E-state index contributed by atoms with van der Waals surface area (Å²) in [4.78, 5) is 4.13. The molecule has 0 aliphatic heterocycles. The molecule has 0 atom stereocenters. The summed E-state index contributed by atoms with van der Waals surface area (Å²) in [5.41, 5.74) is 0.582. The van der Waals surface area contributed by atoms with E-state index in [9.17, 15) is 8.78 Å². The number of benzene rings is 2. The number of hydrogen-bond acceptors (Lipinski definition) is 2. The van der Waals surface area contributed by atoms with Crippen molar-refractivity contribution in [3.8, 4) is 22.8 Å². The van der Waals surface area contributed by atoms with Gasteiger partial charge in [0.1, 0.15) is 11.6 Å². The number of nitrogens with one attached hydrogen (secondary N) is 1. The maximum atomic E-state index is 13.6. The SMILES string of the molecule is Fc1ccccc1-c1n[nH]c(-c2ccccc2F)n1. The highest BCUT2D eigenvalue weighted by atomic mass is 19.1. The van der Waals surface area contributed by atoms with Crippen LogP contribution in [0.3, 0.4) is 0 Å². The molecule has 0 aliphatic carbocycles. The van der Waals surface area contributed by atoms with Gasteiger partial charge >= 0.3 is 0 Å². The summed E-state index contributed by atoms with van der Waals surface area (Å²) in [5.74, 6) is -0.340. The molecule has 0 bridgehead atoms. The first kappa shape index (κ1) is 11.5. The second-order valence-electron chi connectivity index (χ2n) is 3.97. The Morgan fingerprint density at radius 2 is 1.37 bits per heavy atom. The molecule has 0 amide bonds. The van der Waals surface area contributed by atoms with Gasteiger partial charge in [-0.25, -0.2) is 13.8 Å². The van der Waals surface area contributed by atoms with Crippen molar-refractivity contribution < 1.29 is 8.78 Å². The van der Waals surface area contributed by atoms with Crippen molar-refractivity contribution in [2.75, 3.05) is 0 Å². The molecule has 0 radical (unpaired) electrons. The van der Waals surface area contributed by atoms with Crippen LogP contribution < -0.4 is 0 Å². The van der Waals surface area contributed by atoms with E-state index in [1.807, 2.05) is 0 Å². The smallest absolute Gasteiger partial charge is 0.184 e. The number of halogens is 2. The summed E-state index contributed by atoms with van der Waals surface area (Å²) in [6.45, 7) is 0. The summed E-state index contributed by atoms with van der Waals surface area (Å²) in [7, 11) is 0. The zero-order valence-corrected chi connectivity index (χ0v) is 9.77. The zero-order valence-electron chi connectivity index (χ0n) is 9.77.